The molecule has 0 aliphatic rings. The number of nitrogens with one attached hydrogen (secondary N) is 3. The van der Waals surface area contributed by atoms with Crippen molar-refractivity contribution < 1.29 is 4.79 Å². The van der Waals surface area contributed by atoms with Crippen LogP contribution in [0.15, 0.2) is 59.9 Å². The Morgan fingerprint density at radius 3 is 2.53 bits per heavy atom. The van der Waals surface area contributed by atoms with E-state index in [0.717, 1.165) is 41.6 Å². The second-order valence-electron chi connectivity index (χ2n) is 9.33. The number of amides is 1. The molecule has 0 bridgehead atoms. The average Bonchev–Trinajstić information content (AvgIpc) is 3.36. The summed E-state index contributed by atoms with van der Waals surface area (Å²) in [6.07, 6.45) is 6.40. The van der Waals surface area contributed by atoms with Crippen molar-refractivity contribution in [2.24, 2.45) is 14.1 Å². The van der Waals surface area contributed by atoms with Crippen LogP contribution < -0.4 is 15.4 Å². The lowest BCUT2D eigenvalue weighted by atomic mass is 10.1. The molecular weight excluding hydrogens is 468 g/mol. The third kappa shape index (κ3) is 6.05. The van der Waals surface area contributed by atoms with E-state index in [0.29, 0.717) is 6.42 Å². The van der Waals surface area contributed by atoms with E-state index >= 15 is 0 Å². The van der Waals surface area contributed by atoms with Gasteiger partial charge in [-0.3, -0.25) is 9.52 Å². The highest BCUT2D eigenvalue weighted by Gasteiger charge is 2.16. The molecule has 0 radical (unpaired) electrons. The van der Waals surface area contributed by atoms with E-state index < -0.39 is 0 Å². The molecule has 0 saturated carbocycles. The maximum absolute atomic E-state index is 12.7. The molecule has 8 heteroatoms. The summed E-state index contributed by atoms with van der Waals surface area (Å²) in [4.78, 5) is 17.1. The molecule has 0 spiro atoms. The Hall–Kier alpha value is -3.39. The van der Waals surface area contributed by atoms with Crippen molar-refractivity contribution in [3.05, 3.63) is 71.8 Å². The second-order valence-corrected chi connectivity index (χ2v) is 10.2. The molecule has 0 aliphatic carbocycles. The number of fused-ring (bicyclic) bond motifs is 1. The van der Waals surface area contributed by atoms with Gasteiger partial charge < -0.3 is 19.8 Å². The van der Waals surface area contributed by atoms with Crippen LogP contribution in [0.4, 0.5) is 11.4 Å². The Morgan fingerprint density at radius 2 is 1.81 bits per heavy atom. The van der Waals surface area contributed by atoms with Crippen LogP contribution >= 0.6 is 11.9 Å². The molecule has 36 heavy (non-hydrogen) atoms. The first kappa shape index (κ1) is 25.7. The van der Waals surface area contributed by atoms with E-state index in [4.69, 9.17) is 0 Å². The topological polar surface area (TPSA) is 75.9 Å². The van der Waals surface area contributed by atoms with Gasteiger partial charge in [0.1, 0.15) is 10.9 Å². The number of imidazole rings is 1. The minimum absolute atomic E-state index is 0.00840. The minimum Gasteiger partial charge on any atom is -0.380 e. The number of nitrogens with zero attached hydrogens (tertiary/aromatic N) is 3. The molecule has 2 heterocycles. The van der Waals surface area contributed by atoms with Gasteiger partial charge in [-0.25, -0.2) is 4.98 Å². The molecule has 3 N–H and O–H groups in total. The number of anilines is 2. The van der Waals surface area contributed by atoms with Crippen molar-refractivity contribution >= 4 is 40.1 Å². The largest absolute Gasteiger partial charge is 0.380 e. The molecule has 7 nitrogen and oxygen atoms in total. The molecule has 2 aromatic heterocycles. The maximum Gasteiger partial charge on any atom is 0.232 e. The van der Waals surface area contributed by atoms with E-state index in [9.17, 15) is 4.79 Å². The summed E-state index contributed by atoms with van der Waals surface area (Å²) in [7, 11) is 4.04. The fraction of sp³-hybridized carbons (Fsp3) is 0.357. The molecule has 0 fully saturated rings. The van der Waals surface area contributed by atoms with E-state index in [1.807, 2.05) is 36.9 Å². The van der Waals surface area contributed by atoms with E-state index in [-0.39, 0.29) is 11.9 Å². The van der Waals surface area contributed by atoms with Crippen LogP contribution in [0.5, 0.6) is 0 Å². The van der Waals surface area contributed by atoms with Gasteiger partial charge in [-0.15, -0.1) is 0 Å². The molecule has 0 saturated heterocycles. The first-order valence-corrected chi connectivity index (χ1v) is 13.3. The van der Waals surface area contributed by atoms with Crippen molar-refractivity contribution in [2.45, 2.75) is 57.6 Å². The van der Waals surface area contributed by atoms with Gasteiger partial charge in [-0.05, 0) is 49.6 Å². The standard InChI is InChI=1S/C28H36N6OS/c1-6-10-22(15-26(35)32-36-27-18-33(4)20(3)30-27)31-24-13-8-7-12-23(24)29-16-21-17-34(5)25-14-9-11-19(2)28(21)25/h7-9,11-14,17-18,22,29,31H,6,10,15-16H2,1-5H3,(H,32,35). The van der Waals surface area contributed by atoms with Crippen LogP contribution in [-0.2, 0) is 25.4 Å². The Morgan fingerprint density at radius 1 is 1.03 bits per heavy atom. The number of hydrogen-bond donors (Lipinski definition) is 3. The van der Waals surface area contributed by atoms with Crippen molar-refractivity contribution in [1.82, 2.24) is 18.8 Å². The summed E-state index contributed by atoms with van der Waals surface area (Å²) in [6.45, 7) is 6.97. The molecule has 4 rings (SSSR count). The zero-order chi connectivity index (χ0) is 25.7. The van der Waals surface area contributed by atoms with Crippen LogP contribution in [0.2, 0.25) is 0 Å². The summed E-state index contributed by atoms with van der Waals surface area (Å²) in [5.41, 5.74) is 5.83. The van der Waals surface area contributed by atoms with Crippen molar-refractivity contribution in [1.29, 1.82) is 0 Å². The summed E-state index contributed by atoms with van der Waals surface area (Å²) in [5.74, 6) is 0.908. The predicted molar refractivity (Wildman–Crippen MR) is 150 cm³/mol. The van der Waals surface area contributed by atoms with Gasteiger partial charge in [-0.2, -0.15) is 0 Å². The molecule has 1 atom stereocenters. The third-order valence-electron chi connectivity index (χ3n) is 6.48. The lowest BCUT2D eigenvalue weighted by Gasteiger charge is -2.21. The van der Waals surface area contributed by atoms with Gasteiger partial charge in [0, 0.05) is 68.3 Å². The van der Waals surface area contributed by atoms with E-state index in [1.165, 1.54) is 34.0 Å². The van der Waals surface area contributed by atoms with Gasteiger partial charge in [-0.1, -0.05) is 37.6 Å². The smallest absolute Gasteiger partial charge is 0.232 e. The monoisotopic (exact) mass is 504 g/mol. The van der Waals surface area contributed by atoms with Crippen LogP contribution in [0.1, 0.15) is 43.1 Å². The quantitative estimate of drug-likeness (QED) is 0.221. The molecule has 2 aromatic carbocycles. The lowest BCUT2D eigenvalue weighted by Crippen LogP contribution is -2.28. The first-order valence-electron chi connectivity index (χ1n) is 12.4. The summed E-state index contributed by atoms with van der Waals surface area (Å²) >= 11 is 1.27. The van der Waals surface area contributed by atoms with Crippen molar-refractivity contribution in [2.75, 3.05) is 10.6 Å². The zero-order valence-electron chi connectivity index (χ0n) is 21.8. The molecular formula is C28H36N6OS. The maximum atomic E-state index is 12.7. The summed E-state index contributed by atoms with van der Waals surface area (Å²) in [6, 6.07) is 14.7. The Bertz CT molecular complexity index is 1320. The highest BCUT2D eigenvalue weighted by molar-refractivity contribution is 7.97. The number of aryl methyl sites for hydroxylation is 4. The van der Waals surface area contributed by atoms with Gasteiger partial charge in [0.05, 0.1) is 11.4 Å². The predicted octanol–water partition coefficient (Wildman–Crippen LogP) is 5.93. The Labute approximate surface area is 217 Å². The van der Waals surface area contributed by atoms with Gasteiger partial charge >= 0.3 is 0 Å². The number of para-hydroxylation sites is 2. The average molecular weight is 505 g/mol. The Balaban J connectivity index is 1.41. The normalized spacial score (nSPS) is 12.0. The van der Waals surface area contributed by atoms with Crippen LogP contribution in [-0.4, -0.2) is 26.1 Å². The number of aromatic nitrogens is 3. The van der Waals surface area contributed by atoms with E-state index in [2.05, 4.69) is 82.3 Å². The lowest BCUT2D eigenvalue weighted by molar-refractivity contribution is -0.119. The summed E-state index contributed by atoms with van der Waals surface area (Å²) < 4.78 is 7.07. The van der Waals surface area contributed by atoms with E-state index in [1.54, 1.807) is 0 Å². The number of rotatable bonds is 11. The molecule has 0 aliphatic heterocycles. The third-order valence-corrected chi connectivity index (χ3v) is 7.22. The molecule has 4 aromatic rings. The van der Waals surface area contributed by atoms with Gasteiger partial charge in [0.15, 0.2) is 0 Å². The van der Waals surface area contributed by atoms with Crippen LogP contribution in [0, 0.1) is 13.8 Å². The molecule has 1 amide bonds. The highest BCUT2D eigenvalue weighted by atomic mass is 32.2. The van der Waals surface area contributed by atoms with Crippen molar-refractivity contribution in [3.63, 3.8) is 0 Å². The zero-order valence-corrected chi connectivity index (χ0v) is 22.6. The van der Waals surface area contributed by atoms with Crippen LogP contribution in [0.3, 0.4) is 0 Å². The van der Waals surface area contributed by atoms with Crippen molar-refractivity contribution in [3.8, 4) is 0 Å². The van der Waals surface area contributed by atoms with Crippen LogP contribution in [0.25, 0.3) is 10.9 Å². The summed E-state index contributed by atoms with van der Waals surface area (Å²) in [5, 5.41) is 9.35. The molecule has 1 unspecified atom stereocenters. The number of carbonyl (C=O) groups excluding carboxylic acids is 1. The number of benzene rings is 2. The fourth-order valence-corrected chi connectivity index (χ4v) is 5.25. The van der Waals surface area contributed by atoms with Gasteiger partial charge in [0.25, 0.3) is 0 Å². The highest BCUT2D eigenvalue weighted by Crippen LogP contribution is 2.28. The second kappa shape index (κ2) is 11.6. The van der Waals surface area contributed by atoms with Gasteiger partial charge in [0.2, 0.25) is 5.91 Å². The SMILES string of the molecule is CCCC(CC(=O)NSc1cn(C)c(C)n1)Nc1ccccc1NCc1cn(C)c2cccc(C)c12. The fourth-order valence-electron chi connectivity index (χ4n) is 4.56. The Kier molecular flexibility index (Phi) is 8.25. The first-order chi connectivity index (χ1) is 17.4. The molecule has 190 valence electrons. The number of carbonyl (C=O) groups is 1. The number of hydrogen-bond acceptors (Lipinski definition) is 5. The minimum atomic E-state index is -0.00840.